The van der Waals surface area contributed by atoms with Crippen molar-refractivity contribution >= 4 is 27.5 Å². The molecule has 2 aromatic carbocycles. The van der Waals surface area contributed by atoms with Crippen LogP contribution in [0.25, 0.3) is 0 Å². The Morgan fingerprint density at radius 3 is 2.29 bits per heavy atom. The van der Waals surface area contributed by atoms with Gasteiger partial charge in [-0.15, -0.1) is 0 Å². The number of amides is 2. The second-order valence-corrected chi connectivity index (χ2v) is 8.02. The van der Waals surface area contributed by atoms with Crippen LogP contribution in [-0.4, -0.2) is 37.6 Å². The zero-order valence-corrected chi connectivity index (χ0v) is 16.6. The van der Waals surface area contributed by atoms with Crippen molar-refractivity contribution in [2.75, 3.05) is 18.4 Å². The molecule has 2 amide bonds. The summed E-state index contributed by atoms with van der Waals surface area (Å²) in [6.07, 6.45) is 0. The van der Waals surface area contributed by atoms with Crippen LogP contribution < -0.4 is 11.1 Å². The highest BCUT2D eigenvalue weighted by Crippen LogP contribution is 2.21. The number of carbonyl (C=O) groups excluding carboxylic acids is 2. The molecule has 2 rings (SSSR count). The first kappa shape index (κ1) is 21.5. The van der Waals surface area contributed by atoms with Gasteiger partial charge >= 0.3 is 0 Å². The smallest absolute Gasteiger partial charge is 0.255 e. The number of hydrogen-bond donors (Lipinski definition) is 2. The zero-order valence-electron chi connectivity index (χ0n) is 15.8. The number of anilines is 1. The van der Waals surface area contributed by atoms with Crippen LogP contribution in [0.3, 0.4) is 0 Å². The fourth-order valence-corrected chi connectivity index (χ4v) is 4.19. The Bertz CT molecular complexity index is 1020. The number of primary amides is 1. The van der Waals surface area contributed by atoms with Crippen LogP contribution in [0.15, 0.2) is 41.3 Å². The first-order chi connectivity index (χ1) is 13.1. The maximum absolute atomic E-state index is 13.6. The van der Waals surface area contributed by atoms with Crippen LogP contribution in [0, 0.1) is 12.7 Å². The Morgan fingerprint density at radius 1 is 1.07 bits per heavy atom. The summed E-state index contributed by atoms with van der Waals surface area (Å²) in [7, 11) is -3.73. The molecular formula is C19H22FN3O4S. The lowest BCUT2D eigenvalue weighted by molar-refractivity contribution is 0.0992. The van der Waals surface area contributed by atoms with Crippen molar-refractivity contribution in [3.05, 3.63) is 58.9 Å². The average molecular weight is 407 g/mol. The molecule has 0 aliphatic carbocycles. The third-order valence-corrected chi connectivity index (χ3v) is 6.33. The zero-order chi connectivity index (χ0) is 21.1. The second kappa shape index (κ2) is 8.49. The molecular weight excluding hydrogens is 385 g/mol. The number of halogens is 1. The summed E-state index contributed by atoms with van der Waals surface area (Å²) in [5.74, 6) is -2.35. The van der Waals surface area contributed by atoms with Gasteiger partial charge in [0.25, 0.3) is 11.8 Å². The fraction of sp³-hybridized carbons (Fsp3) is 0.263. The van der Waals surface area contributed by atoms with Crippen LogP contribution in [0.1, 0.15) is 40.1 Å². The van der Waals surface area contributed by atoms with Gasteiger partial charge in [-0.25, -0.2) is 12.8 Å². The Labute approximate surface area is 163 Å². The minimum atomic E-state index is -3.73. The molecule has 0 spiro atoms. The number of hydrogen-bond acceptors (Lipinski definition) is 4. The third-order valence-electron chi connectivity index (χ3n) is 4.29. The molecule has 28 heavy (non-hydrogen) atoms. The Hall–Kier alpha value is -2.78. The molecule has 0 saturated heterocycles. The monoisotopic (exact) mass is 407 g/mol. The number of benzene rings is 2. The molecule has 0 radical (unpaired) electrons. The summed E-state index contributed by atoms with van der Waals surface area (Å²) in [5.41, 5.74) is 5.63. The first-order valence-corrected chi connectivity index (χ1v) is 10.1. The van der Waals surface area contributed by atoms with E-state index >= 15 is 0 Å². The molecule has 0 atom stereocenters. The summed E-state index contributed by atoms with van der Waals surface area (Å²) < 4.78 is 40.3. The van der Waals surface area contributed by atoms with Crippen molar-refractivity contribution < 1.29 is 22.4 Å². The number of sulfonamides is 1. The predicted molar refractivity (Wildman–Crippen MR) is 104 cm³/mol. The van der Waals surface area contributed by atoms with E-state index in [-0.39, 0.29) is 21.7 Å². The standard InChI is InChI=1S/C19H22FN3O4S/c1-4-23(5-2)28(26,27)14-8-6-12(3)15(11-14)19(25)22-13-7-9-17(20)16(10-13)18(21)24/h6-11H,4-5H2,1-3H3,(H2,21,24)(H,22,25). The van der Waals surface area contributed by atoms with Gasteiger partial charge in [-0.1, -0.05) is 19.9 Å². The van der Waals surface area contributed by atoms with E-state index in [1.54, 1.807) is 26.8 Å². The number of nitrogens with zero attached hydrogens (tertiary/aromatic N) is 1. The average Bonchev–Trinajstić information content (AvgIpc) is 2.63. The van der Waals surface area contributed by atoms with Crippen molar-refractivity contribution in [3.63, 3.8) is 0 Å². The van der Waals surface area contributed by atoms with Crippen molar-refractivity contribution in [2.45, 2.75) is 25.7 Å². The number of nitrogens with one attached hydrogen (secondary N) is 1. The van der Waals surface area contributed by atoms with Gasteiger partial charge in [0.2, 0.25) is 10.0 Å². The van der Waals surface area contributed by atoms with Crippen molar-refractivity contribution in [1.82, 2.24) is 4.31 Å². The van der Waals surface area contributed by atoms with E-state index in [1.165, 1.54) is 22.5 Å². The highest BCUT2D eigenvalue weighted by molar-refractivity contribution is 7.89. The van der Waals surface area contributed by atoms with E-state index < -0.39 is 27.7 Å². The van der Waals surface area contributed by atoms with E-state index in [1.807, 2.05) is 0 Å². The molecule has 7 nitrogen and oxygen atoms in total. The molecule has 0 aromatic heterocycles. The minimum absolute atomic E-state index is 0.00359. The highest BCUT2D eigenvalue weighted by atomic mass is 32.2. The molecule has 0 bridgehead atoms. The quantitative estimate of drug-likeness (QED) is 0.735. The highest BCUT2D eigenvalue weighted by Gasteiger charge is 2.23. The van der Waals surface area contributed by atoms with Gasteiger partial charge < -0.3 is 11.1 Å². The SMILES string of the molecule is CCN(CC)S(=O)(=O)c1ccc(C)c(C(=O)Nc2ccc(F)c(C(N)=O)c2)c1. The number of nitrogens with two attached hydrogens (primary N) is 1. The van der Waals surface area contributed by atoms with Gasteiger partial charge in [0, 0.05) is 24.3 Å². The van der Waals surface area contributed by atoms with Gasteiger partial charge in [-0.05, 0) is 42.8 Å². The Kier molecular flexibility index (Phi) is 6.52. The summed E-state index contributed by atoms with van der Waals surface area (Å²) in [6.45, 7) is 5.74. The van der Waals surface area contributed by atoms with Crippen LogP contribution in [0.2, 0.25) is 0 Å². The van der Waals surface area contributed by atoms with Gasteiger partial charge in [0.05, 0.1) is 10.5 Å². The molecule has 0 fully saturated rings. The van der Waals surface area contributed by atoms with E-state index in [0.717, 1.165) is 12.1 Å². The molecule has 150 valence electrons. The van der Waals surface area contributed by atoms with Crippen molar-refractivity contribution in [3.8, 4) is 0 Å². The lowest BCUT2D eigenvalue weighted by atomic mass is 10.1. The Morgan fingerprint density at radius 2 is 1.71 bits per heavy atom. The largest absolute Gasteiger partial charge is 0.366 e. The van der Waals surface area contributed by atoms with E-state index in [2.05, 4.69) is 5.32 Å². The first-order valence-electron chi connectivity index (χ1n) is 8.63. The molecule has 0 heterocycles. The van der Waals surface area contributed by atoms with Crippen molar-refractivity contribution in [1.29, 1.82) is 0 Å². The normalized spacial score (nSPS) is 11.5. The summed E-state index contributed by atoms with van der Waals surface area (Å²) in [6, 6.07) is 7.72. The van der Waals surface area contributed by atoms with Gasteiger partial charge in [-0.2, -0.15) is 4.31 Å². The third kappa shape index (κ3) is 4.37. The van der Waals surface area contributed by atoms with Gasteiger partial charge in [0.15, 0.2) is 0 Å². The van der Waals surface area contributed by atoms with Gasteiger partial charge in [0.1, 0.15) is 5.82 Å². The van der Waals surface area contributed by atoms with Gasteiger partial charge in [-0.3, -0.25) is 9.59 Å². The van der Waals surface area contributed by atoms with Crippen LogP contribution in [0.4, 0.5) is 10.1 Å². The lowest BCUT2D eigenvalue weighted by Gasteiger charge is -2.19. The molecule has 0 unspecified atom stereocenters. The number of aryl methyl sites for hydroxylation is 1. The maximum atomic E-state index is 13.6. The van der Waals surface area contributed by atoms with E-state index in [0.29, 0.717) is 18.7 Å². The Balaban J connectivity index is 2.39. The summed E-state index contributed by atoms with van der Waals surface area (Å²) >= 11 is 0. The lowest BCUT2D eigenvalue weighted by Crippen LogP contribution is -2.30. The molecule has 0 saturated carbocycles. The molecule has 0 aliphatic heterocycles. The summed E-state index contributed by atoms with van der Waals surface area (Å²) in [4.78, 5) is 23.9. The van der Waals surface area contributed by atoms with Crippen molar-refractivity contribution in [2.24, 2.45) is 5.73 Å². The molecule has 3 N–H and O–H groups in total. The second-order valence-electron chi connectivity index (χ2n) is 6.08. The number of carbonyl (C=O) groups is 2. The minimum Gasteiger partial charge on any atom is -0.366 e. The predicted octanol–water partition coefficient (Wildman–Crippen LogP) is 2.52. The molecule has 0 aliphatic rings. The molecule has 2 aromatic rings. The van der Waals surface area contributed by atoms with Crippen LogP contribution in [0.5, 0.6) is 0 Å². The topological polar surface area (TPSA) is 110 Å². The number of rotatable bonds is 7. The molecule has 9 heteroatoms. The summed E-state index contributed by atoms with van der Waals surface area (Å²) in [5, 5.41) is 2.54. The van der Waals surface area contributed by atoms with E-state index in [4.69, 9.17) is 5.73 Å². The fourth-order valence-electron chi connectivity index (χ4n) is 2.71. The van der Waals surface area contributed by atoms with Crippen LogP contribution >= 0.6 is 0 Å². The maximum Gasteiger partial charge on any atom is 0.255 e. The van der Waals surface area contributed by atoms with Crippen LogP contribution in [-0.2, 0) is 10.0 Å². The van der Waals surface area contributed by atoms with E-state index in [9.17, 15) is 22.4 Å².